The number of hydrogen-bond acceptors (Lipinski definition) is 5. The van der Waals surface area contributed by atoms with Gasteiger partial charge in [-0.05, 0) is 41.5 Å². The quantitative estimate of drug-likeness (QED) is 0.271. The maximum absolute atomic E-state index is 12.9. The van der Waals surface area contributed by atoms with E-state index in [1.807, 2.05) is 29.2 Å². The van der Waals surface area contributed by atoms with Crippen LogP contribution in [0.1, 0.15) is 21.5 Å². The number of nitro groups is 1. The van der Waals surface area contributed by atoms with Crippen LogP contribution in [0.2, 0.25) is 15.1 Å². The van der Waals surface area contributed by atoms with Crippen molar-refractivity contribution in [2.45, 2.75) is 13.2 Å². The van der Waals surface area contributed by atoms with Gasteiger partial charge >= 0.3 is 0 Å². The first kappa shape index (κ1) is 25.3. The van der Waals surface area contributed by atoms with Crippen molar-refractivity contribution in [1.82, 2.24) is 9.80 Å². The lowest BCUT2D eigenvalue weighted by atomic mass is 10.1. The topological polar surface area (TPSA) is 75.9 Å². The van der Waals surface area contributed by atoms with Gasteiger partial charge in [-0.1, -0.05) is 53.0 Å². The molecule has 10 heteroatoms. The Morgan fingerprint density at radius 2 is 1.63 bits per heavy atom. The molecule has 1 aliphatic heterocycles. The molecule has 0 unspecified atom stereocenters. The van der Waals surface area contributed by atoms with Crippen molar-refractivity contribution in [3.05, 3.63) is 103 Å². The Hall–Kier alpha value is -2.84. The molecule has 1 saturated heterocycles. The van der Waals surface area contributed by atoms with Gasteiger partial charge in [0.05, 0.1) is 9.95 Å². The van der Waals surface area contributed by atoms with Gasteiger partial charge in [-0.15, -0.1) is 0 Å². The first-order valence-electron chi connectivity index (χ1n) is 10.9. The summed E-state index contributed by atoms with van der Waals surface area (Å²) in [6.07, 6.45) is 0. The van der Waals surface area contributed by atoms with Crippen LogP contribution in [0.5, 0.6) is 5.75 Å². The third kappa shape index (κ3) is 6.44. The summed E-state index contributed by atoms with van der Waals surface area (Å²) in [4.78, 5) is 27.4. The Kier molecular flexibility index (Phi) is 8.13. The summed E-state index contributed by atoms with van der Waals surface area (Å²) in [7, 11) is 0. The number of halogens is 3. The lowest BCUT2D eigenvalue weighted by Crippen LogP contribution is -2.48. The number of nitro benzene ring substituents is 1. The van der Waals surface area contributed by atoms with E-state index in [9.17, 15) is 14.9 Å². The molecule has 7 nitrogen and oxygen atoms in total. The summed E-state index contributed by atoms with van der Waals surface area (Å²) in [5, 5.41) is 12.3. The van der Waals surface area contributed by atoms with Crippen molar-refractivity contribution in [3.63, 3.8) is 0 Å². The van der Waals surface area contributed by atoms with Gasteiger partial charge in [-0.2, -0.15) is 0 Å². The Labute approximate surface area is 217 Å². The third-order valence-electron chi connectivity index (χ3n) is 5.79. The van der Waals surface area contributed by atoms with Gasteiger partial charge in [-0.3, -0.25) is 19.8 Å². The molecule has 0 radical (unpaired) electrons. The molecule has 1 aliphatic rings. The molecule has 0 aliphatic carbocycles. The Morgan fingerprint density at radius 3 is 2.26 bits per heavy atom. The van der Waals surface area contributed by atoms with Crippen molar-refractivity contribution in [1.29, 1.82) is 0 Å². The average molecular weight is 535 g/mol. The minimum absolute atomic E-state index is 0.0138. The zero-order valence-corrected chi connectivity index (χ0v) is 20.9. The van der Waals surface area contributed by atoms with Gasteiger partial charge < -0.3 is 9.64 Å². The highest BCUT2D eigenvalue weighted by Crippen LogP contribution is 2.29. The van der Waals surface area contributed by atoms with Crippen LogP contribution in [0.15, 0.2) is 60.7 Å². The van der Waals surface area contributed by atoms with Crippen LogP contribution in [0.3, 0.4) is 0 Å². The van der Waals surface area contributed by atoms with Crippen molar-refractivity contribution < 1.29 is 14.5 Å². The van der Waals surface area contributed by atoms with E-state index in [0.717, 1.165) is 24.2 Å². The lowest BCUT2D eigenvalue weighted by Gasteiger charge is -2.35. The molecule has 0 N–H and O–H groups in total. The van der Waals surface area contributed by atoms with Crippen LogP contribution in [0.25, 0.3) is 0 Å². The zero-order chi connectivity index (χ0) is 24.9. The van der Waals surface area contributed by atoms with Gasteiger partial charge in [0.25, 0.3) is 11.6 Å². The molecule has 0 bridgehead atoms. The normalized spacial score (nSPS) is 14.1. The maximum atomic E-state index is 12.9. The summed E-state index contributed by atoms with van der Waals surface area (Å²) in [6, 6.07) is 16.8. The predicted molar refractivity (Wildman–Crippen MR) is 137 cm³/mol. The van der Waals surface area contributed by atoms with E-state index in [1.165, 1.54) is 18.2 Å². The number of amides is 1. The summed E-state index contributed by atoms with van der Waals surface area (Å²) in [5.41, 5.74) is 2.38. The number of ether oxygens (including phenoxy) is 1. The second kappa shape index (κ2) is 11.3. The van der Waals surface area contributed by atoms with Crippen LogP contribution in [0, 0.1) is 10.1 Å². The second-order valence-corrected chi connectivity index (χ2v) is 9.41. The molecular weight excluding hydrogens is 513 g/mol. The number of piperazine rings is 1. The molecule has 3 aromatic rings. The highest BCUT2D eigenvalue weighted by atomic mass is 35.5. The molecule has 0 saturated carbocycles. The number of hydrogen-bond donors (Lipinski definition) is 0. The van der Waals surface area contributed by atoms with Crippen LogP contribution in [0.4, 0.5) is 5.69 Å². The first-order valence-corrected chi connectivity index (χ1v) is 12.0. The first-order chi connectivity index (χ1) is 16.8. The van der Waals surface area contributed by atoms with E-state index < -0.39 is 4.92 Å². The third-order valence-corrected chi connectivity index (χ3v) is 6.67. The fourth-order valence-electron chi connectivity index (χ4n) is 3.81. The van der Waals surface area contributed by atoms with E-state index >= 15 is 0 Å². The minimum atomic E-state index is -0.513. The van der Waals surface area contributed by atoms with Crippen LogP contribution < -0.4 is 4.74 Å². The number of rotatable bonds is 7. The average Bonchev–Trinajstić information content (AvgIpc) is 2.85. The molecule has 1 fully saturated rings. The van der Waals surface area contributed by atoms with Crippen molar-refractivity contribution in [2.24, 2.45) is 0 Å². The summed E-state index contributed by atoms with van der Waals surface area (Å²) < 4.78 is 5.68. The van der Waals surface area contributed by atoms with Crippen LogP contribution >= 0.6 is 34.8 Å². The maximum Gasteiger partial charge on any atom is 0.271 e. The predicted octanol–water partition coefficient (Wildman–Crippen LogP) is 6.09. The van der Waals surface area contributed by atoms with Crippen molar-refractivity contribution in [3.8, 4) is 5.75 Å². The Morgan fingerprint density at radius 1 is 0.914 bits per heavy atom. The fraction of sp³-hybridized carbons (Fsp3) is 0.240. The van der Waals surface area contributed by atoms with E-state index in [0.29, 0.717) is 41.0 Å². The fourth-order valence-corrected chi connectivity index (χ4v) is 4.51. The van der Waals surface area contributed by atoms with E-state index in [2.05, 4.69) is 4.90 Å². The van der Waals surface area contributed by atoms with E-state index in [4.69, 9.17) is 39.5 Å². The van der Waals surface area contributed by atoms with Gasteiger partial charge in [0.2, 0.25) is 0 Å². The highest BCUT2D eigenvalue weighted by molar-refractivity contribution is 6.35. The SMILES string of the molecule is O=C(c1ccc(COc2ccc([N+](=O)[O-])cc2Cl)cc1)N1CCN(Cc2ccc(Cl)cc2Cl)CC1. The molecule has 0 aromatic heterocycles. The van der Waals surface area contributed by atoms with Gasteiger partial charge in [0, 0.05) is 60.5 Å². The molecule has 0 atom stereocenters. The highest BCUT2D eigenvalue weighted by Gasteiger charge is 2.22. The molecule has 35 heavy (non-hydrogen) atoms. The lowest BCUT2D eigenvalue weighted by molar-refractivity contribution is -0.384. The summed E-state index contributed by atoms with van der Waals surface area (Å²) >= 11 is 18.3. The van der Waals surface area contributed by atoms with E-state index in [-0.39, 0.29) is 23.2 Å². The monoisotopic (exact) mass is 533 g/mol. The molecule has 182 valence electrons. The van der Waals surface area contributed by atoms with Crippen LogP contribution in [-0.2, 0) is 13.2 Å². The zero-order valence-electron chi connectivity index (χ0n) is 18.6. The summed E-state index contributed by atoms with van der Waals surface area (Å²) in [5.74, 6) is 0.343. The standard InChI is InChI=1S/C25H22Cl3N3O4/c26-20-6-5-19(22(27)13-20)15-29-9-11-30(12-10-29)25(32)18-3-1-17(2-4-18)16-35-24-8-7-21(31(33)34)14-23(24)28/h1-8,13-14H,9-12,15-16H2. The van der Waals surface area contributed by atoms with Crippen molar-refractivity contribution in [2.75, 3.05) is 26.2 Å². The minimum Gasteiger partial charge on any atom is -0.487 e. The van der Waals surface area contributed by atoms with Gasteiger partial charge in [0.1, 0.15) is 12.4 Å². The summed E-state index contributed by atoms with van der Waals surface area (Å²) in [6.45, 7) is 3.71. The van der Waals surface area contributed by atoms with E-state index in [1.54, 1.807) is 18.2 Å². The largest absolute Gasteiger partial charge is 0.487 e. The smallest absolute Gasteiger partial charge is 0.271 e. The van der Waals surface area contributed by atoms with Gasteiger partial charge in [-0.25, -0.2) is 0 Å². The Balaban J connectivity index is 1.28. The number of carbonyl (C=O) groups is 1. The number of benzene rings is 3. The second-order valence-electron chi connectivity index (χ2n) is 8.16. The van der Waals surface area contributed by atoms with Crippen LogP contribution in [-0.4, -0.2) is 46.8 Å². The number of non-ortho nitro benzene ring substituents is 1. The molecule has 1 amide bonds. The van der Waals surface area contributed by atoms with Crippen molar-refractivity contribution >= 4 is 46.4 Å². The molecular formula is C25H22Cl3N3O4. The van der Waals surface area contributed by atoms with Gasteiger partial charge in [0.15, 0.2) is 0 Å². The number of carbonyl (C=O) groups excluding carboxylic acids is 1. The molecule has 0 spiro atoms. The molecule has 1 heterocycles. The molecule has 3 aromatic carbocycles. The Bertz CT molecular complexity index is 1230. The number of nitrogens with zero attached hydrogens (tertiary/aromatic N) is 3. The molecule has 4 rings (SSSR count).